The summed E-state index contributed by atoms with van der Waals surface area (Å²) in [5.41, 5.74) is 0. The third kappa shape index (κ3) is 13.5. The van der Waals surface area contributed by atoms with Crippen molar-refractivity contribution in [3.63, 3.8) is 0 Å². The molecule has 0 atom stereocenters. The molecule has 2 heteroatoms. The van der Waals surface area contributed by atoms with Gasteiger partial charge in [0.15, 0.2) is 0 Å². The van der Waals surface area contributed by atoms with Gasteiger partial charge in [0.2, 0.25) is 0 Å². The van der Waals surface area contributed by atoms with Crippen LogP contribution in [-0.4, -0.2) is 28.6 Å². The van der Waals surface area contributed by atoms with Gasteiger partial charge in [0.1, 0.15) is 0 Å². The molecule has 0 aliphatic carbocycles. The molecule has 0 aromatic heterocycles. The fourth-order valence-corrected chi connectivity index (χ4v) is 12.8. The van der Waals surface area contributed by atoms with Gasteiger partial charge >= 0.3 is 92.4 Å². The summed E-state index contributed by atoms with van der Waals surface area (Å²) in [5, 5.41) is 0.602. The molecule has 0 heterocycles. The van der Waals surface area contributed by atoms with Crippen molar-refractivity contribution < 1.29 is 0 Å². The standard InChI is InChI=1S/C8H19Si.3C4H9.Sn/c1-7(2)8(3,4)9(5)6;3*1-3-4-2;/h7H,1-6H3;3*1,3-4H2,2H3;. The van der Waals surface area contributed by atoms with E-state index in [0.717, 1.165) is 5.92 Å². The first-order chi connectivity index (χ1) is 10.2. The minimum atomic E-state index is -0.839. The van der Waals surface area contributed by atoms with E-state index in [1.807, 2.05) is 0 Å². The topological polar surface area (TPSA) is 0 Å². The quantitative estimate of drug-likeness (QED) is 0.289. The Bertz CT molecular complexity index is 195. The Morgan fingerprint density at radius 1 is 0.773 bits per heavy atom. The first-order valence-electron chi connectivity index (χ1n) is 9.88. The van der Waals surface area contributed by atoms with Crippen LogP contribution in [0.3, 0.4) is 0 Å². The molecule has 0 unspecified atom stereocenters. The van der Waals surface area contributed by atoms with Gasteiger partial charge in [-0.3, -0.25) is 0 Å². The van der Waals surface area contributed by atoms with Gasteiger partial charge in [-0.1, -0.05) is 40.8 Å². The molecule has 134 valence electrons. The Balaban J connectivity index is 0. The summed E-state index contributed by atoms with van der Waals surface area (Å²) in [7, 11) is -0.110. The molecule has 0 saturated heterocycles. The third-order valence-corrected chi connectivity index (χ3v) is 17.6. The molecule has 0 saturated carbocycles. The van der Waals surface area contributed by atoms with Crippen molar-refractivity contribution in [2.24, 2.45) is 5.92 Å². The molecule has 2 radical (unpaired) electrons. The van der Waals surface area contributed by atoms with E-state index >= 15 is 0 Å². The van der Waals surface area contributed by atoms with Crippen LogP contribution in [0, 0.1) is 5.92 Å². The Morgan fingerprint density at radius 2 is 1.09 bits per heavy atom. The van der Waals surface area contributed by atoms with Crippen molar-refractivity contribution in [1.29, 1.82) is 0 Å². The van der Waals surface area contributed by atoms with Gasteiger partial charge < -0.3 is 0 Å². The van der Waals surface area contributed by atoms with E-state index in [0.29, 0.717) is 5.04 Å². The number of hydrogen-bond acceptors (Lipinski definition) is 0. The molecule has 0 aromatic rings. The van der Waals surface area contributed by atoms with Crippen LogP contribution < -0.4 is 0 Å². The number of rotatable bonds is 11. The Kier molecular flexibility index (Phi) is 17.8. The van der Waals surface area contributed by atoms with E-state index in [1.54, 1.807) is 13.3 Å². The van der Waals surface area contributed by atoms with E-state index < -0.39 is 19.8 Å². The number of hydrogen-bond donors (Lipinski definition) is 0. The van der Waals surface area contributed by atoms with Gasteiger partial charge in [0.05, 0.1) is 0 Å². The third-order valence-electron chi connectivity index (χ3n) is 5.38. The predicted molar refractivity (Wildman–Crippen MR) is 111 cm³/mol. The van der Waals surface area contributed by atoms with Crippen LogP contribution in [0.1, 0.15) is 87.0 Å². The zero-order valence-corrected chi connectivity index (χ0v) is 21.3. The summed E-state index contributed by atoms with van der Waals surface area (Å²) in [6.45, 7) is 21.2. The van der Waals surface area contributed by atoms with Crippen molar-refractivity contribution in [1.82, 2.24) is 0 Å². The Morgan fingerprint density at radius 3 is 1.23 bits per heavy atom. The Labute approximate surface area is 152 Å². The first-order valence-corrected chi connectivity index (χ1v) is 18.4. The summed E-state index contributed by atoms with van der Waals surface area (Å²) in [6.07, 6.45) is 8.85. The maximum absolute atomic E-state index is 2.39. The van der Waals surface area contributed by atoms with Crippen molar-refractivity contribution >= 4 is 28.6 Å². The van der Waals surface area contributed by atoms with Crippen LogP contribution >= 0.6 is 0 Å². The van der Waals surface area contributed by atoms with Gasteiger partial charge in [0, 0.05) is 8.80 Å². The fraction of sp³-hybridized carbons (Fsp3) is 1.00. The van der Waals surface area contributed by atoms with E-state index in [9.17, 15) is 0 Å². The van der Waals surface area contributed by atoms with Crippen LogP contribution in [0.5, 0.6) is 0 Å². The fourth-order valence-electron chi connectivity index (χ4n) is 2.23. The van der Waals surface area contributed by atoms with Gasteiger partial charge in [-0.05, 0) is 11.0 Å². The summed E-state index contributed by atoms with van der Waals surface area (Å²) in [5.74, 6) is 0.835. The van der Waals surface area contributed by atoms with E-state index in [-0.39, 0.29) is 8.80 Å². The molecule has 0 bridgehead atoms. The van der Waals surface area contributed by atoms with Crippen LogP contribution in [0.2, 0.25) is 31.4 Å². The van der Waals surface area contributed by atoms with Crippen molar-refractivity contribution in [3.05, 3.63) is 0 Å². The van der Waals surface area contributed by atoms with Crippen LogP contribution in [-0.2, 0) is 0 Å². The Hall–Kier alpha value is 1.02. The van der Waals surface area contributed by atoms with Crippen molar-refractivity contribution in [2.45, 2.75) is 118 Å². The summed E-state index contributed by atoms with van der Waals surface area (Å²) < 4.78 is 5.04. The van der Waals surface area contributed by atoms with E-state index in [1.165, 1.54) is 38.5 Å². The molecule has 0 nitrogen and oxygen atoms in total. The average Bonchev–Trinajstić information content (AvgIpc) is 2.46. The van der Waals surface area contributed by atoms with Gasteiger partial charge in [0.25, 0.3) is 0 Å². The normalized spacial score (nSPS) is 12.0. The molecule has 0 amide bonds. The molecule has 22 heavy (non-hydrogen) atoms. The van der Waals surface area contributed by atoms with Crippen molar-refractivity contribution in [3.8, 4) is 0 Å². The summed E-state index contributed by atoms with van der Waals surface area (Å²) in [6, 6.07) is 0. The van der Waals surface area contributed by atoms with Gasteiger partial charge in [-0.25, -0.2) is 0 Å². The van der Waals surface area contributed by atoms with Crippen LogP contribution in [0.25, 0.3) is 0 Å². The maximum atomic E-state index is 2.39. The number of unbranched alkanes of at least 4 members (excludes halogenated alkanes) is 3. The molecule has 0 aromatic carbocycles. The van der Waals surface area contributed by atoms with Gasteiger partial charge in [-0.2, -0.15) is 0 Å². The monoisotopic (exact) mass is 434 g/mol. The van der Waals surface area contributed by atoms with Crippen LogP contribution in [0.15, 0.2) is 0 Å². The second-order valence-electron chi connectivity index (χ2n) is 7.94. The zero-order valence-electron chi connectivity index (χ0n) is 17.4. The summed E-state index contributed by atoms with van der Waals surface area (Å²) in [4.78, 5) is 0. The van der Waals surface area contributed by atoms with Crippen molar-refractivity contribution in [2.75, 3.05) is 0 Å². The molecular weight excluding hydrogens is 387 g/mol. The molecule has 0 fully saturated rings. The minimum absolute atomic E-state index is 0.110. The van der Waals surface area contributed by atoms with E-state index in [4.69, 9.17) is 0 Å². The van der Waals surface area contributed by atoms with Crippen LogP contribution in [0.4, 0.5) is 0 Å². The predicted octanol–water partition coefficient (Wildman–Crippen LogP) is 8.06. The SMILES string of the molecule is CC(C)C(C)(C)[Si](C)C.CCC[CH2][Sn]([CH2]CCC)[CH2]CCC. The molecule has 0 rings (SSSR count). The second kappa shape index (κ2) is 15.5. The average molecular weight is 433 g/mol. The van der Waals surface area contributed by atoms with E-state index in [2.05, 4.69) is 61.6 Å². The summed E-state index contributed by atoms with van der Waals surface area (Å²) >= 11 is -0.839. The molecular formula is C20H46SiSn. The first kappa shape index (κ1) is 25.3. The molecule has 0 N–H and O–H groups in total. The van der Waals surface area contributed by atoms with Gasteiger partial charge in [-0.15, -0.1) is 0 Å². The molecule has 0 spiro atoms. The zero-order chi connectivity index (χ0) is 17.6. The second-order valence-corrected chi connectivity index (χ2v) is 19.8. The molecule has 0 aliphatic heterocycles. The molecule has 0 aliphatic rings.